The lowest BCUT2D eigenvalue weighted by molar-refractivity contribution is -0.135. The summed E-state index contributed by atoms with van der Waals surface area (Å²) in [5.41, 5.74) is 0. The molecule has 1 aliphatic rings. The van der Waals surface area contributed by atoms with Gasteiger partial charge in [-0.05, 0) is 25.7 Å². The van der Waals surface area contributed by atoms with Gasteiger partial charge in [0.05, 0.1) is 12.0 Å². The number of hydrogen-bond donors (Lipinski definition) is 0. The molecule has 0 aromatic carbocycles. The van der Waals surface area contributed by atoms with Gasteiger partial charge in [-0.3, -0.25) is 4.79 Å². The highest BCUT2D eigenvalue weighted by Gasteiger charge is 2.25. The third-order valence-corrected chi connectivity index (χ3v) is 2.33. The van der Waals surface area contributed by atoms with Crippen LogP contribution in [0.2, 0.25) is 0 Å². The van der Waals surface area contributed by atoms with Crippen LogP contribution >= 0.6 is 0 Å². The summed E-state index contributed by atoms with van der Waals surface area (Å²) >= 11 is 0. The van der Waals surface area contributed by atoms with Crippen LogP contribution in [0.4, 0.5) is 4.39 Å². The molecule has 0 radical (unpaired) electrons. The second kappa shape index (κ2) is 3.81. The minimum absolute atomic E-state index is 0.241. The van der Waals surface area contributed by atoms with Crippen molar-refractivity contribution < 1.29 is 13.9 Å². The average Bonchev–Trinajstić information content (AvgIpc) is 2.05. The predicted octanol–water partition coefficient (Wildman–Crippen LogP) is 1.69. The van der Waals surface area contributed by atoms with E-state index in [4.69, 9.17) is 4.74 Å². The lowest BCUT2D eigenvalue weighted by Gasteiger charge is -2.24. The van der Waals surface area contributed by atoms with Crippen LogP contribution in [0.15, 0.2) is 0 Å². The number of ether oxygens (including phenoxy) is 1. The smallest absolute Gasteiger partial charge is 0.304 e. The van der Waals surface area contributed by atoms with Gasteiger partial charge in [0.25, 0.3) is 0 Å². The molecule has 0 N–H and O–H groups in total. The highest BCUT2D eigenvalue weighted by molar-refractivity contribution is 5.71. The topological polar surface area (TPSA) is 26.3 Å². The second-order valence-electron chi connectivity index (χ2n) is 3.01. The summed E-state index contributed by atoms with van der Waals surface area (Å²) < 4.78 is 17.2. The molecule has 0 saturated heterocycles. The van der Waals surface area contributed by atoms with E-state index in [1.807, 2.05) is 0 Å². The number of carbonyl (C=O) groups excluding carboxylic acids is 1. The van der Waals surface area contributed by atoms with Crippen molar-refractivity contribution in [3.63, 3.8) is 0 Å². The fourth-order valence-electron chi connectivity index (χ4n) is 1.53. The molecule has 1 fully saturated rings. The van der Waals surface area contributed by atoms with Gasteiger partial charge in [-0.2, -0.15) is 4.39 Å². The van der Waals surface area contributed by atoms with Gasteiger partial charge in [-0.15, -0.1) is 0 Å². The first kappa shape index (κ1) is 8.65. The fourth-order valence-corrected chi connectivity index (χ4v) is 1.53. The van der Waals surface area contributed by atoms with Gasteiger partial charge in [-0.25, -0.2) is 0 Å². The first-order chi connectivity index (χ1) is 5.24. The van der Waals surface area contributed by atoms with Gasteiger partial charge in [0.2, 0.25) is 0 Å². The van der Waals surface area contributed by atoms with Gasteiger partial charge in [0.15, 0.2) is 0 Å². The number of hydrogen-bond acceptors (Lipinski definition) is 2. The molecule has 3 heteroatoms. The van der Waals surface area contributed by atoms with Gasteiger partial charge >= 0.3 is 6.04 Å². The van der Waals surface area contributed by atoms with Crippen molar-refractivity contribution in [2.45, 2.75) is 31.8 Å². The van der Waals surface area contributed by atoms with Crippen LogP contribution in [0.5, 0.6) is 0 Å². The fraction of sp³-hybridized carbons (Fsp3) is 0.875. The van der Waals surface area contributed by atoms with E-state index in [2.05, 4.69) is 0 Å². The van der Waals surface area contributed by atoms with E-state index in [1.54, 1.807) is 7.11 Å². The summed E-state index contributed by atoms with van der Waals surface area (Å²) in [6, 6.07) is -1.15. The molecule has 1 rings (SSSR count). The molecule has 64 valence electrons. The second-order valence-corrected chi connectivity index (χ2v) is 3.01. The van der Waals surface area contributed by atoms with Gasteiger partial charge in [0, 0.05) is 7.11 Å². The monoisotopic (exact) mass is 160 g/mol. The van der Waals surface area contributed by atoms with Crippen LogP contribution in [0.3, 0.4) is 0 Å². The zero-order valence-corrected chi connectivity index (χ0v) is 6.68. The van der Waals surface area contributed by atoms with Crippen LogP contribution in [0.25, 0.3) is 0 Å². The summed E-state index contributed by atoms with van der Waals surface area (Å²) in [7, 11) is 1.66. The van der Waals surface area contributed by atoms with Crippen molar-refractivity contribution >= 4 is 6.04 Å². The van der Waals surface area contributed by atoms with Crippen LogP contribution in [-0.2, 0) is 9.53 Å². The standard InChI is InChI=1S/C8H13FO2/c1-11-7-4-2-6(3-5-7)8(9)10/h6-7H,2-5H2,1H3. The van der Waals surface area contributed by atoms with Crippen molar-refractivity contribution in [1.82, 2.24) is 0 Å². The molecule has 11 heavy (non-hydrogen) atoms. The Morgan fingerprint density at radius 2 is 1.91 bits per heavy atom. The molecule has 0 aliphatic heterocycles. The molecule has 1 aliphatic carbocycles. The van der Waals surface area contributed by atoms with E-state index < -0.39 is 6.04 Å². The van der Waals surface area contributed by atoms with E-state index in [0.29, 0.717) is 12.8 Å². The van der Waals surface area contributed by atoms with E-state index in [1.165, 1.54) is 0 Å². The molecule has 0 amide bonds. The SMILES string of the molecule is COC1CCC(C(=O)F)CC1. The minimum Gasteiger partial charge on any atom is -0.381 e. The Kier molecular flexibility index (Phi) is 3.00. The molecular weight excluding hydrogens is 147 g/mol. The summed E-state index contributed by atoms with van der Waals surface area (Å²) in [4.78, 5) is 10.3. The highest BCUT2D eigenvalue weighted by Crippen LogP contribution is 2.26. The lowest BCUT2D eigenvalue weighted by Crippen LogP contribution is -2.23. The number of rotatable bonds is 2. The Hall–Kier alpha value is -0.440. The molecule has 0 unspecified atom stereocenters. The van der Waals surface area contributed by atoms with Gasteiger partial charge < -0.3 is 4.74 Å². The van der Waals surface area contributed by atoms with Crippen molar-refractivity contribution in [3.05, 3.63) is 0 Å². The summed E-state index contributed by atoms with van der Waals surface area (Å²) in [6.45, 7) is 0. The molecule has 0 bridgehead atoms. The molecule has 0 spiro atoms. The Morgan fingerprint density at radius 3 is 2.27 bits per heavy atom. The number of carbonyl (C=O) groups is 1. The maximum atomic E-state index is 12.1. The van der Waals surface area contributed by atoms with Gasteiger partial charge in [0.1, 0.15) is 0 Å². The van der Waals surface area contributed by atoms with Crippen LogP contribution in [-0.4, -0.2) is 19.3 Å². The van der Waals surface area contributed by atoms with Crippen molar-refractivity contribution in [3.8, 4) is 0 Å². The maximum Gasteiger partial charge on any atom is 0.304 e. The molecule has 0 aromatic heterocycles. The Bertz CT molecular complexity index is 139. The van der Waals surface area contributed by atoms with E-state index in [9.17, 15) is 9.18 Å². The molecule has 0 atom stereocenters. The summed E-state index contributed by atoms with van der Waals surface area (Å²) in [6.07, 6.45) is 3.17. The molecular formula is C8H13FO2. The maximum absolute atomic E-state index is 12.1. The largest absolute Gasteiger partial charge is 0.381 e. The first-order valence-electron chi connectivity index (χ1n) is 3.96. The zero-order chi connectivity index (χ0) is 8.27. The Labute approximate surface area is 65.7 Å². The van der Waals surface area contributed by atoms with Crippen LogP contribution in [0.1, 0.15) is 25.7 Å². The van der Waals surface area contributed by atoms with Gasteiger partial charge in [-0.1, -0.05) is 0 Å². The van der Waals surface area contributed by atoms with Crippen LogP contribution < -0.4 is 0 Å². The number of halogens is 1. The molecule has 2 nitrogen and oxygen atoms in total. The van der Waals surface area contributed by atoms with E-state index in [-0.39, 0.29) is 12.0 Å². The third kappa shape index (κ3) is 2.26. The highest BCUT2D eigenvalue weighted by atomic mass is 19.1. The van der Waals surface area contributed by atoms with E-state index in [0.717, 1.165) is 12.8 Å². The molecule has 0 aromatic rings. The predicted molar refractivity (Wildman–Crippen MR) is 38.9 cm³/mol. The average molecular weight is 160 g/mol. The summed E-state index contributed by atoms with van der Waals surface area (Å²) in [5, 5.41) is 0. The normalized spacial score (nSPS) is 31.8. The third-order valence-electron chi connectivity index (χ3n) is 2.33. The van der Waals surface area contributed by atoms with Crippen LogP contribution in [0, 0.1) is 5.92 Å². The Balaban J connectivity index is 2.30. The minimum atomic E-state index is -1.15. The molecule has 1 saturated carbocycles. The Morgan fingerprint density at radius 1 is 1.36 bits per heavy atom. The van der Waals surface area contributed by atoms with E-state index >= 15 is 0 Å². The first-order valence-corrected chi connectivity index (χ1v) is 3.96. The summed E-state index contributed by atoms with van der Waals surface area (Å²) in [5.74, 6) is -0.346. The molecule has 0 heterocycles. The number of methoxy groups -OCH3 is 1. The van der Waals surface area contributed by atoms with Crippen molar-refractivity contribution in [1.29, 1.82) is 0 Å². The lowest BCUT2D eigenvalue weighted by atomic mass is 9.88. The zero-order valence-electron chi connectivity index (χ0n) is 6.68. The van der Waals surface area contributed by atoms with Crippen molar-refractivity contribution in [2.24, 2.45) is 5.92 Å². The van der Waals surface area contributed by atoms with Crippen molar-refractivity contribution in [2.75, 3.05) is 7.11 Å². The quantitative estimate of drug-likeness (QED) is 0.574.